The zero-order valence-corrected chi connectivity index (χ0v) is 13.0. The number of rotatable bonds is 7. The van der Waals surface area contributed by atoms with Crippen LogP contribution < -0.4 is 4.72 Å². The molecule has 22 heavy (non-hydrogen) atoms. The third kappa shape index (κ3) is 3.93. The lowest BCUT2D eigenvalue weighted by atomic mass is 10.1. The molecule has 1 aromatic heterocycles. The Hall–Kier alpha value is -1.71. The van der Waals surface area contributed by atoms with Gasteiger partial charge in [-0.15, -0.1) is 6.58 Å². The SMILES string of the molecule is C=C(C)CC(NS(=O)(=O)c1cnn(C2CCOC2)c1)C(=O)O. The summed E-state index contributed by atoms with van der Waals surface area (Å²) in [4.78, 5) is 11.1. The monoisotopic (exact) mass is 329 g/mol. The molecule has 9 heteroatoms. The summed E-state index contributed by atoms with van der Waals surface area (Å²) in [5, 5.41) is 13.1. The zero-order valence-electron chi connectivity index (χ0n) is 12.2. The molecular formula is C13H19N3O5S. The van der Waals surface area contributed by atoms with Crippen LogP contribution in [0.5, 0.6) is 0 Å². The van der Waals surface area contributed by atoms with Gasteiger partial charge in [0.25, 0.3) is 0 Å². The van der Waals surface area contributed by atoms with Crippen LogP contribution in [-0.4, -0.2) is 48.5 Å². The number of nitrogens with one attached hydrogen (secondary N) is 1. The average molecular weight is 329 g/mol. The maximum absolute atomic E-state index is 12.3. The van der Waals surface area contributed by atoms with Gasteiger partial charge in [0.2, 0.25) is 10.0 Å². The van der Waals surface area contributed by atoms with Crippen LogP contribution in [0.1, 0.15) is 25.8 Å². The first-order valence-electron chi connectivity index (χ1n) is 6.81. The topological polar surface area (TPSA) is 111 Å². The highest BCUT2D eigenvalue weighted by Crippen LogP contribution is 2.20. The summed E-state index contributed by atoms with van der Waals surface area (Å²) in [6.45, 7) is 6.35. The first-order chi connectivity index (χ1) is 10.3. The smallest absolute Gasteiger partial charge is 0.322 e. The van der Waals surface area contributed by atoms with Crippen LogP contribution in [0.4, 0.5) is 0 Å². The summed E-state index contributed by atoms with van der Waals surface area (Å²) in [6, 6.07) is -1.24. The van der Waals surface area contributed by atoms with Gasteiger partial charge in [0.15, 0.2) is 0 Å². The van der Waals surface area contributed by atoms with Crippen LogP contribution in [0.2, 0.25) is 0 Å². The molecule has 1 fully saturated rings. The van der Waals surface area contributed by atoms with Crippen molar-refractivity contribution in [3.63, 3.8) is 0 Å². The highest BCUT2D eigenvalue weighted by molar-refractivity contribution is 7.89. The lowest BCUT2D eigenvalue weighted by Gasteiger charge is -2.13. The van der Waals surface area contributed by atoms with Crippen molar-refractivity contribution in [2.75, 3.05) is 13.2 Å². The molecule has 0 saturated carbocycles. The van der Waals surface area contributed by atoms with E-state index in [-0.39, 0.29) is 17.4 Å². The highest BCUT2D eigenvalue weighted by Gasteiger charge is 2.27. The largest absolute Gasteiger partial charge is 0.480 e. The van der Waals surface area contributed by atoms with Gasteiger partial charge in [-0.2, -0.15) is 9.82 Å². The standard InChI is InChI=1S/C13H19N3O5S/c1-9(2)5-12(13(17)18)15-22(19,20)11-6-14-16(7-11)10-3-4-21-8-10/h6-7,10,12,15H,1,3-5,8H2,2H3,(H,17,18). The molecule has 0 aliphatic carbocycles. The van der Waals surface area contributed by atoms with Crippen LogP contribution in [0.25, 0.3) is 0 Å². The maximum atomic E-state index is 12.3. The molecule has 2 heterocycles. The van der Waals surface area contributed by atoms with Crippen molar-refractivity contribution < 1.29 is 23.1 Å². The third-order valence-electron chi connectivity index (χ3n) is 3.32. The number of aromatic nitrogens is 2. The van der Waals surface area contributed by atoms with Crippen molar-refractivity contribution in [1.29, 1.82) is 0 Å². The van der Waals surface area contributed by atoms with Crippen molar-refractivity contribution >= 4 is 16.0 Å². The van der Waals surface area contributed by atoms with Crippen LogP contribution in [0.3, 0.4) is 0 Å². The van der Waals surface area contributed by atoms with Crippen molar-refractivity contribution in [3.8, 4) is 0 Å². The van der Waals surface area contributed by atoms with E-state index in [4.69, 9.17) is 9.84 Å². The molecule has 122 valence electrons. The Labute approximate surface area is 128 Å². The Bertz CT molecular complexity index is 661. The predicted octanol–water partition coefficient (Wildman–Crippen LogP) is 0.542. The molecule has 1 aliphatic heterocycles. The molecule has 0 spiro atoms. The Morgan fingerprint density at radius 2 is 2.41 bits per heavy atom. The first kappa shape index (κ1) is 16.7. The molecule has 1 aromatic rings. The Morgan fingerprint density at radius 1 is 1.68 bits per heavy atom. The average Bonchev–Trinajstić information content (AvgIpc) is 3.08. The summed E-state index contributed by atoms with van der Waals surface area (Å²) >= 11 is 0. The summed E-state index contributed by atoms with van der Waals surface area (Å²) in [7, 11) is -3.95. The minimum atomic E-state index is -3.95. The second-order valence-corrected chi connectivity index (χ2v) is 7.06. The number of ether oxygens (including phenoxy) is 1. The number of carboxylic acids is 1. The normalized spacial score (nSPS) is 20.0. The molecule has 2 unspecified atom stereocenters. The van der Waals surface area contributed by atoms with Crippen molar-refractivity contribution in [2.45, 2.75) is 36.7 Å². The van der Waals surface area contributed by atoms with Crippen molar-refractivity contribution in [3.05, 3.63) is 24.5 Å². The second-order valence-electron chi connectivity index (χ2n) is 5.35. The van der Waals surface area contributed by atoms with E-state index in [1.54, 1.807) is 6.92 Å². The predicted molar refractivity (Wildman–Crippen MR) is 77.9 cm³/mol. The van der Waals surface area contributed by atoms with Gasteiger partial charge < -0.3 is 9.84 Å². The number of carboxylic acid groups (broad SMARTS) is 1. The number of carbonyl (C=O) groups is 1. The van der Waals surface area contributed by atoms with Crippen molar-refractivity contribution in [1.82, 2.24) is 14.5 Å². The van der Waals surface area contributed by atoms with Crippen molar-refractivity contribution in [2.24, 2.45) is 0 Å². The Kier molecular flexibility index (Phi) is 4.99. The minimum Gasteiger partial charge on any atom is -0.480 e. The number of nitrogens with zero attached hydrogens (tertiary/aromatic N) is 2. The number of aliphatic carboxylic acids is 1. The highest BCUT2D eigenvalue weighted by atomic mass is 32.2. The molecule has 2 rings (SSSR count). The van der Waals surface area contributed by atoms with Crippen LogP contribution in [-0.2, 0) is 19.6 Å². The van der Waals surface area contributed by atoms with Gasteiger partial charge >= 0.3 is 5.97 Å². The molecule has 2 atom stereocenters. The van der Waals surface area contributed by atoms with E-state index >= 15 is 0 Å². The summed E-state index contributed by atoms with van der Waals surface area (Å²) in [5.41, 5.74) is 0.578. The molecule has 1 saturated heterocycles. The lowest BCUT2D eigenvalue weighted by Crippen LogP contribution is -2.40. The fourth-order valence-electron chi connectivity index (χ4n) is 2.17. The lowest BCUT2D eigenvalue weighted by molar-refractivity contribution is -0.138. The Morgan fingerprint density at radius 3 is 2.95 bits per heavy atom. The molecule has 0 radical (unpaired) electrons. The Balaban J connectivity index is 2.15. The van der Waals surface area contributed by atoms with Gasteiger partial charge in [-0.1, -0.05) is 5.57 Å². The van der Waals surface area contributed by atoms with Crippen LogP contribution in [0.15, 0.2) is 29.4 Å². The van der Waals surface area contributed by atoms with Gasteiger partial charge in [0.1, 0.15) is 10.9 Å². The van der Waals surface area contributed by atoms with E-state index in [9.17, 15) is 13.2 Å². The van der Waals surface area contributed by atoms with Gasteiger partial charge in [-0.05, 0) is 19.8 Å². The molecular weight excluding hydrogens is 310 g/mol. The summed E-state index contributed by atoms with van der Waals surface area (Å²) in [5.74, 6) is -1.25. The number of hydrogen-bond donors (Lipinski definition) is 2. The second kappa shape index (κ2) is 6.59. The summed E-state index contributed by atoms with van der Waals surface area (Å²) in [6.07, 6.45) is 3.39. The number of hydrogen-bond acceptors (Lipinski definition) is 5. The molecule has 2 N–H and O–H groups in total. The molecule has 8 nitrogen and oxygen atoms in total. The third-order valence-corrected chi connectivity index (χ3v) is 4.74. The van der Waals surface area contributed by atoms with E-state index in [0.29, 0.717) is 18.8 Å². The van der Waals surface area contributed by atoms with Gasteiger partial charge in [-0.25, -0.2) is 8.42 Å². The van der Waals surface area contributed by atoms with Crippen LogP contribution >= 0.6 is 0 Å². The quantitative estimate of drug-likeness (QED) is 0.707. The first-order valence-corrected chi connectivity index (χ1v) is 8.29. The maximum Gasteiger partial charge on any atom is 0.322 e. The molecule has 1 aliphatic rings. The minimum absolute atomic E-state index is 0.00893. The fourth-order valence-corrected chi connectivity index (χ4v) is 3.30. The van der Waals surface area contributed by atoms with E-state index in [0.717, 1.165) is 6.42 Å². The van der Waals surface area contributed by atoms with Gasteiger partial charge in [0, 0.05) is 12.8 Å². The molecule has 0 aromatic carbocycles. The molecule has 0 bridgehead atoms. The van der Waals surface area contributed by atoms with Gasteiger partial charge in [-0.3, -0.25) is 9.48 Å². The van der Waals surface area contributed by atoms with Gasteiger partial charge in [0.05, 0.1) is 18.8 Å². The van der Waals surface area contributed by atoms with E-state index in [2.05, 4.69) is 16.4 Å². The van der Waals surface area contributed by atoms with Crippen LogP contribution in [0, 0.1) is 0 Å². The molecule has 0 amide bonds. The fraction of sp³-hybridized carbons (Fsp3) is 0.538. The zero-order chi connectivity index (χ0) is 16.3. The van der Waals surface area contributed by atoms with E-state index in [1.807, 2.05) is 0 Å². The van der Waals surface area contributed by atoms with E-state index in [1.165, 1.54) is 17.1 Å². The summed E-state index contributed by atoms with van der Waals surface area (Å²) < 4.78 is 33.5. The van der Waals surface area contributed by atoms with E-state index < -0.39 is 22.0 Å². The number of sulfonamides is 1.